The van der Waals surface area contributed by atoms with Crippen LogP contribution in [-0.2, 0) is 20.7 Å². The zero-order valence-electron chi connectivity index (χ0n) is 16.8. The summed E-state index contributed by atoms with van der Waals surface area (Å²) in [5, 5.41) is 0. The molecule has 2 aromatic rings. The fraction of sp³-hybridized carbons (Fsp3) is 0.364. The van der Waals surface area contributed by atoms with Crippen LogP contribution < -0.4 is 14.4 Å². The first-order valence-corrected chi connectivity index (χ1v) is 9.55. The van der Waals surface area contributed by atoms with Gasteiger partial charge in [0.25, 0.3) is 5.91 Å². The van der Waals surface area contributed by atoms with Crippen LogP contribution in [-0.4, -0.2) is 63.8 Å². The van der Waals surface area contributed by atoms with E-state index < -0.39 is 5.97 Å². The van der Waals surface area contributed by atoms with Gasteiger partial charge in [-0.15, -0.1) is 0 Å². The van der Waals surface area contributed by atoms with Crippen molar-refractivity contribution in [2.45, 2.75) is 6.42 Å². The Labute approximate surface area is 170 Å². The van der Waals surface area contributed by atoms with Crippen molar-refractivity contribution in [3.8, 4) is 11.5 Å². The largest absolute Gasteiger partial charge is 0.497 e. The van der Waals surface area contributed by atoms with E-state index in [4.69, 9.17) is 14.2 Å². The smallest absolute Gasteiger partial charge is 0.310 e. The van der Waals surface area contributed by atoms with Gasteiger partial charge in [0.2, 0.25) is 0 Å². The molecule has 7 heteroatoms. The molecule has 1 amide bonds. The maximum Gasteiger partial charge on any atom is 0.310 e. The molecule has 7 nitrogen and oxygen atoms in total. The van der Waals surface area contributed by atoms with E-state index in [1.807, 2.05) is 42.5 Å². The molecule has 1 saturated heterocycles. The van der Waals surface area contributed by atoms with Gasteiger partial charge in [0.1, 0.15) is 11.5 Å². The van der Waals surface area contributed by atoms with Crippen molar-refractivity contribution in [2.75, 3.05) is 51.9 Å². The highest BCUT2D eigenvalue weighted by molar-refractivity contribution is 5.81. The van der Waals surface area contributed by atoms with Gasteiger partial charge < -0.3 is 24.0 Å². The number of ether oxygens (including phenoxy) is 3. The fourth-order valence-electron chi connectivity index (χ4n) is 3.32. The minimum atomic E-state index is -0.431. The number of carbonyl (C=O) groups excluding carboxylic acids is 2. The highest BCUT2D eigenvalue weighted by Crippen LogP contribution is 2.28. The highest BCUT2D eigenvalue weighted by atomic mass is 16.5. The predicted octanol–water partition coefficient (Wildman–Crippen LogP) is 2.14. The minimum Gasteiger partial charge on any atom is -0.497 e. The Balaban J connectivity index is 1.45. The Morgan fingerprint density at radius 2 is 1.69 bits per heavy atom. The van der Waals surface area contributed by atoms with Gasteiger partial charge >= 0.3 is 5.97 Å². The van der Waals surface area contributed by atoms with Crippen LogP contribution in [0.2, 0.25) is 0 Å². The Kier molecular flexibility index (Phi) is 6.94. The zero-order valence-corrected chi connectivity index (χ0v) is 16.8. The molecular weight excluding hydrogens is 372 g/mol. The average Bonchev–Trinajstić information content (AvgIpc) is 2.77. The molecule has 154 valence electrons. The van der Waals surface area contributed by atoms with E-state index in [9.17, 15) is 9.59 Å². The molecule has 1 aliphatic heterocycles. The molecule has 1 aliphatic rings. The fourth-order valence-corrected chi connectivity index (χ4v) is 3.32. The third-order valence-corrected chi connectivity index (χ3v) is 4.90. The molecule has 0 aromatic heterocycles. The van der Waals surface area contributed by atoms with Crippen LogP contribution in [0.4, 0.5) is 5.69 Å². The van der Waals surface area contributed by atoms with Gasteiger partial charge in [0, 0.05) is 26.2 Å². The Morgan fingerprint density at radius 3 is 2.41 bits per heavy atom. The summed E-state index contributed by atoms with van der Waals surface area (Å²) in [6.45, 7) is 2.31. The number of nitrogens with zero attached hydrogens (tertiary/aromatic N) is 2. The van der Waals surface area contributed by atoms with Gasteiger partial charge in [0.15, 0.2) is 6.61 Å². The summed E-state index contributed by atoms with van der Waals surface area (Å²) in [6.07, 6.45) is 0.103. The minimum absolute atomic E-state index is 0.103. The van der Waals surface area contributed by atoms with Crippen LogP contribution >= 0.6 is 0 Å². The van der Waals surface area contributed by atoms with E-state index in [2.05, 4.69) is 4.90 Å². The van der Waals surface area contributed by atoms with Gasteiger partial charge in [-0.1, -0.05) is 24.3 Å². The number of amides is 1. The Hall–Kier alpha value is -3.22. The summed E-state index contributed by atoms with van der Waals surface area (Å²) in [5.41, 5.74) is 1.80. The number of benzene rings is 2. The number of hydrogen-bond acceptors (Lipinski definition) is 6. The van der Waals surface area contributed by atoms with Crippen molar-refractivity contribution in [3.63, 3.8) is 0 Å². The van der Waals surface area contributed by atoms with E-state index in [0.29, 0.717) is 31.9 Å². The van der Waals surface area contributed by atoms with Crippen LogP contribution in [0.5, 0.6) is 11.5 Å². The molecule has 3 rings (SSSR count). The molecule has 2 aromatic carbocycles. The number of methoxy groups -OCH3 is 2. The topological polar surface area (TPSA) is 68.3 Å². The molecule has 0 bridgehead atoms. The lowest BCUT2D eigenvalue weighted by Crippen LogP contribution is -2.50. The van der Waals surface area contributed by atoms with Crippen LogP contribution in [0.3, 0.4) is 0 Å². The van der Waals surface area contributed by atoms with Crippen molar-refractivity contribution in [2.24, 2.45) is 0 Å². The first kappa shape index (κ1) is 20.5. The quantitative estimate of drug-likeness (QED) is 0.666. The average molecular weight is 398 g/mol. The van der Waals surface area contributed by atoms with Crippen molar-refractivity contribution in [3.05, 3.63) is 54.1 Å². The summed E-state index contributed by atoms with van der Waals surface area (Å²) < 4.78 is 15.7. The summed E-state index contributed by atoms with van der Waals surface area (Å²) in [7, 11) is 3.22. The van der Waals surface area contributed by atoms with Gasteiger partial charge in [-0.3, -0.25) is 9.59 Å². The monoisotopic (exact) mass is 398 g/mol. The van der Waals surface area contributed by atoms with E-state index in [-0.39, 0.29) is 18.9 Å². The standard InChI is InChI=1S/C22H26N2O5/c1-27-18-7-5-6-17(14-18)15-22(26)29-16-21(25)24-12-10-23(11-13-24)19-8-3-4-9-20(19)28-2/h3-9,14H,10-13,15-16H2,1-2H3. The molecule has 0 spiro atoms. The lowest BCUT2D eigenvalue weighted by Gasteiger charge is -2.36. The molecule has 1 fully saturated rings. The maximum absolute atomic E-state index is 12.4. The molecule has 1 heterocycles. The Morgan fingerprint density at radius 1 is 0.931 bits per heavy atom. The van der Waals surface area contributed by atoms with E-state index >= 15 is 0 Å². The van der Waals surface area contributed by atoms with E-state index in [0.717, 1.165) is 17.0 Å². The second-order valence-corrected chi connectivity index (χ2v) is 6.73. The normalized spacial score (nSPS) is 13.7. The SMILES string of the molecule is COc1cccc(CC(=O)OCC(=O)N2CCN(c3ccccc3OC)CC2)c1. The van der Waals surface area contributed by atoms with E-state index in [1.165, 1.54) is 0 Å². The van der Waals surface area contributed by atoms with Gasteiger partial charge in [-0.25, -0.2) is 0 Å². The number of hydrogen-bond donors (Lipinski definition) is 0. The molecule has 0 radical (unpaired) electrons. The lowest BCUT2D eigenvalue weighted by molar-refractivity contribution is -0.151. The molecule has 0 unspecified atom stereocenters. The number of piperazine rings is 1. The first-order chi connectivity index (χ1) is 14.1. The summed E-state index contributed by atoms with van der Waals surface area (Å²) >= 11 is 0. The number of carbonyl (C=O) groups is 2. The van der Waals surface area contributed by atoms with Crippen molar-refractivity contribution in [1.82, 2.24) is 4.90 Å². The molecule has 0 aliphatic carbocycles. The second kappa shape index (κ2) is 9.82. The van der Waals surface area contributed by atoms with Crippen molar-refractivity contribution in [1.29, 1.82) is 0 Å². The maximum atomic E-state index is 12.4. The second-order valence-electron chi connectivity index (χ2n) is 6.73. The van der Waals surface area contributed by atoms with Crippen LogP contribution in [0.1, 0.15) is 5.56 Å². The van der Waals surface area contributed by atoms with Gasteiger partial charge in [-0.2, -0.15) is 0 Å². The third kappa shape index (κ3) is 5.40. The molecule has 0 atom stereocenters. The number of rotatable bonds is 7. The molecular formula is C22H26N2O5. The van der Waals surface area contributed by atoms with Crippen LogP contribution in [0.15, 0.2) is 48.5 Å². The van der Waals surface area contributed by atoms with Crippen molar-refractivity contribution >= 4 is 17.6 Å². The van der Waals surface area contributed by atoms with Gasteiger partial charge in [0.05, 0.1) is 26.3 Å². The van der Waals surface area contributed by atoms with E-state index in [1.54, 1.807) is 25.2 Å². The summed E-state index contributed by atoms with van der Waals surface area (Å²) in [6, 6.07) is 15.1. The number of esters is 1. The summed E-state index contributed by atoms with van der Waals surface area (Å²) in [5.74, 6) is 0.890. The van der Waals surface area contributed by atoms with Crippen molar-refractivity contribution < 1.29 is 23.8 Å². The number of para-hydroxylation sites is 2. The number of anilines is 1. The van der Waals surface area contributed by atoms with Gasteiger partial charge in [-0.05, 0) is 29.8 Å². The van der Waals surface area contributed by atoms with Crippen LogP contribution in [0.25, 0.3) is 0 Å². The van der Waals surface area contributed by atoms with Crippen LogP contribution in [0, 0.1) is 0 Å². The Bertz CT molecular complexity index is 847. The first-order valence-electron chi connectivity index (χ1n) is 9.55. The predicted molar refractivity (Wildman–Crippen MR) is 109 cm³/mol. The zero-order chi connectivity index (χ0) is 20.6. The third-order valence-electron chi connectivity index (χ3n) is 4.90. The highest BCUT2D eigenvalue weighted by Gasteiger charge is 2.23. The molecule has 0 N–H and O–H groups in total. The molecule has 29 heavy (non-hydrogen) atoms. The molecule has 0 saturated carbocycles. The lowest BCUT2D eigenvalue weighted by atomic mass is 10.1. The summed E-state index contributed by atoms with van der Waals surface area (Å²) in [4.78, 5) is 28.4.